The summed E-state index contributed by atoms with van der Waals surface area (Å²) in [5.74, 6) is 0.639. The SMILES string of the molecule is Cn1nnc(-c2ccc3c4cncnc4n(CCCN4CCCCC4)c3c2)n1. The van der Waals surface area contributed by atoms with Crippen molar-refractivity contribution in [1.29, 1.82) is 0 Å². The zero-order valence-corrected chi connectivity index (χ0v) is 16.1. The van der Waals surface area contributed by atoms with Crippen molar-refractivity contribution >= 4 is 21.9 Å². The van der Waals surface area contributed by atoms with Crippen LogP contribution in [0.3, 0.4) is 0 Å². The maximum Gasteiger partial charge on any atom is 0.204 e. The second-order valence-corrected chi connectivity index (χ2v) is 7.50. The van der Waals surface area contributed by atoms with Gasteiger partial charge in [0.1, 0.15) is 12.0 Å². The van der Waals surface area contributed by atoms with E-state index in [1.165, 1.54) is 42.5 Å². The summed E-state index contributed by atoms with van der Waals surface area (Å²) in [7, 11) is 1.78. The lowest BCUT2D eigenvalue weighted by Gasteiger charge is -2.26. The Hall–Kier alpha value is -2.87. The number of likely N-dealkylation sites (tertiary alicyclic amines) is 1. The van der Waals surface area contributed by atoms with Crippen molar-refractivity contribution in [1.82, 2.24) is 39.6 Å². The Morgan fingerprint density at radius 3 is 2.75 bits per heavy atom. The third-order valence-corrected chi connectivity index (χ3v) is 5.60. The standard InChI is InChI=1S/C20H24N8/c1-26-24-19(23-25-26)15-6-7-16-17-13-21-14-22-20(17)28(18(16)12-15)11-5-10-27-8-3-2-4-9-27/h6-7,12-14H,2-5,8-11H2,1H3. The van der Waals surface area contributed by atoms with E-state index in [2.05, 4.69) is 47.0 Å². The van der Waals surface area contributed by atoms with Crippen molar-refractivity contribution in [2.45, 2.75) is 32.2 Å². The molecule has 0 amide bonds. The molecule has 1 saturated heterocycles. The van der Waals surface area contributed by atoms with Crippen LogP contribution in [0.1, 0.15) is 25.7 Å². The van der Waals surface area contributed by atoms with Gasteiger partial charge in [-0.2, -0.15) is 4.80 Å². The van der Waals surface area contributed by atoms with Gasteiger partial charge in [0.25, 0.3) is 0 Å². The number of fused-ring (bicyclic) bond motifs is 3. The van der Waals surface area contributed by atoms with Crippen molar-refractivity contribution in [3.63, 3.8) is 0 Å². The summed E-state index contributed by atoms with van der Waals surface area (Å²) in [4.78, 5) is 12.9. The summed E-state index contributed by atoms with van der Waals surface area (Å²) in [6, 6.07) is 6.31. The van der Waals surface area contributed by atoms with Crippen LogP contribution in [0, 0.1) is 0 Å². The van der Waals surface area contributed by atoms with Gasteiger partial charge in [-0.05, 0) is 50.2 Å². The molecule has 8 nitrogen and oxygen atoms in total. The molecule has 3 aromatic heterocycles. The van der Waals surface area contributed by atoms with E-state index >= 15 is 0 Å². The lowest BCUT2D eigenvalue weighted by molar-refractivity contribution is 0.223. The van der Waals surface area contributed by atoms with E-state index in [9.17, 15) is 0 Å². The van der Waals surface area contributed by atoms with Gasteiger partial charge in [-0.1, -0.05) is 18.6 Å². The molecule has 0 radical (unpaired) electrons. The van der Waals surface area contributed by atoms with Crippen molar-refractivity contribution in [2.75, 3.05) is 19.6 Å². The minimum Gasteiger partial charge on any atom is -0.325 e. The molecule has 0 N–H and O–H groups in total. The highest BCUT2D eigenvalue weighted by atomic mass is 15.6. The minimum absolute atomic E-state index is 0.639. The number of piperidine rings is 1. The molecule has 0 aliphatic carbocycles. The van der Waals surface area contributed by atoms with Gasteiger partial charge in [0, 0.05) is 29.1 Å². The van der Waals surface area contributed by atoms with Crippen LogP contribution in [0.2, 0.25) is 0 Å². The number of hydrogen-bond donors (Lipinski definition) is 0. The van der Waals surface area contributed by atoms with Gasteiger partial charge in [-0.15, -0.1) is 10.2 Å². The predicted molar refractivity (Wildman–Crippen MR) is 108 cm³/mol. The summed E-state index contributed by atoms with van der Waals surface area (Å²) in [5.41, 5.74) is 3.11. The van der Waals surface area contributed by atoms with E-state index in [-0.39, 0.29) is 0 Å². The van der Waals surface area contributed by atoms with Gasteiger partial charge in [-0.25, -0.2) is 9.97 Å². The Bertz CT molecular complexity index is 1110. The Labute approximate surface area is 163 Å². The van der Waals surface area contributed by atoms with Crippen LogP contribution in [0.4, 0.5) is 0 Å². The Kier molecular flexibility index (Phi) is 4.48. The number of nitrogens with zero attached hydrogens (tertiary/aromatic N) is 8. The van der Waals surface area contributed by atoms with Gasteiger partial charge < -0.3 is 9.47 Å². The average molecular weight is 376 g/mol. The first-order valence-electron chi connectivity index (χ1n) is 9.98. The Morgan fingerprint density at radius 2 is 1.93 bits per heavy atom. The normalized spacial score (nSPS) is 15.6. The van der Waals surface area contributed by atoms with Crippen molar-refractivity contribution < 1.29 is 0 Å². The second-order valence-electron chi connectivity index (χ2n) is 7.50. The molecule has 144 valence electrons. The maximum absolute atomic E-state index is 4.58. The number of aromatic nitrogens is 7. The summed E-state index contributed by atoms with van der Waals surface area (Å²) in [5, 5.41) is 14.7. The first-order valence-corrected chi connectivity index (χ1v) is 9.98. The lowest BCUT2D eigenvalue weighted by Crippen LogP contribution is -2.31. The molecule has 0 spiro atoms. The molecule has 0 bridgehead atoms. The zero-order valence-electron chi connectivity index (χ0n) is 16.1. The average Bonchev–Trinajstić information content (AvgIpc) is 3.30. The molecule has 0 unspecified atom stereocenters. The molecule has 1 fully saturated rings. The number of rotatable bonds is 5. The van der Waals surface area contributed by atoms with Crippen LogP contribution in [-0.4, -0.2) is 59.3 Å². The van der Waals surface area contributed by atoms with E-state index in [0.717, 1.165) is 41.6 Å². The highest BCUT2D eigenvalue weighted by molar-refractivity contribution is 6.07. The van der Waals surface area contributed by atoms with Gasteiger partial charge in [0.2, 0.25) is 5.82 Å². The smallest absolute Gasteiger partial charge is 0.204 e. The molecule has 0 atom stereocenters. The fourth-order valence-electron chi connectivity index (χ4n) is 4.23. The fraction of sp³-hybridized carbons (Fsp3) is 0.450. The monoisotopic (exact) mass is 376 g/mol. The molecule has 0 saturated carbocycles. The molecule has 28 heavy (non-hydrogen) atoms. The highest BCUT2D eigenvalue weighted by Gasteiger charge is 2.15. The number of aryl methyl sites for hydroxylation is 2. The molecular weight excluding hydrogens is 352 g/mol. The molecule has 1 aliphatic heterocycles. The maximum atomic E-state index is 4.58. The first kappa shape index (κ1) is 17.2. The summed E-state index contributed by atoms with van der Waals surface area (Å²) >= 11 is 0. The summed E-state index contributed by atoms with van der Waals surface area (Å²) in [6.07, 6.45) is 8.68. The molecule has 1 aliphatic rings. The van der Waals surface area contributed by atoms with E-state index in [1.807, 2.05) is 12.3 Å². The molecular formula is C20H24N8. The Morgan fingerprint density at radius 1 is 1.04 bits per heavy atom. The third kappa shape index (κ3) is 3.13. The van der Waals surface area contributed by atoms with E-state index < -0.39 is 0 Å². The highest BCUT2D eigenvalue weighted by Crippen LogP contribution is 2.30. The Balaban J connectivity index is 1.50. The quantitative estimate of drug-likeness (QED) is 0.533. The van der Waals surface area contributed by atoms with E-state index in [4.69, 9.17) is 0 Å². The predicted octanol–water partition coefficient (Wildman–Crippen LogP) is 2.65. The van der Waals surface area contributed by atoms with E-state index in [1.54, 1.807) is 13.4 Å². The van der Waals surface area contributed by atoms with Crippen LogP contribution in [0.25, 0.3) is 33.3 Å². The van der Waals surface area contributed by atoms with Gasteiger partial charge >= 0.3 is 0 Å². The first-order chi connectivity index (χ1) is 13.8. The van der Waals surface area contributed by atoms with Crippen molar-refractivity contribution in [3.05, 3.63) is 30.7 Å². The van der Waals surface area contributed by atoms with Crippen molar-refractivity contribution in [2.24, 2.45) is 7.05 Å². The molecule has 4 heterocycles. The molecule has 5 rings (SSSR count). The minimum atomic E-state index is 0.639. The van der Waals surface area contributed by atoms with Crippen LogP contribution in [0.5, 0.6) is 0 Å². The van der Waals surface area contributed by atoms with Gasteiger partial charge in [-0.3, -0.25) is 0 Å². The van der Waals surface area contributed by atoms with Gasteiger partial charge in [0.15, 0.2) is 0 Å². The zero-order chi connectivity index (χ0) is 18.9. The number of tetrazole rings is 1. The summed E-state index contributed by atoms with van der Waals surface area (Å²) < 4.78 is 2.32. The van der Waals surface area contributed by atoms with E-state index in [0.29, 0.717) is 5.82 Å². The van der Waals surface area contributed by atoms with Crippen molar-refractivity contribution in [3.8, 4) is 11.4 Å². The summed E-state index contributed by atoms with van der Waals surface area (Å²) in [6.45, 7) is 4.54. The van der Waals surface area contributed by atoms with Crippen LogP contribution >= 0.6 is 0 Å². The fourth-order valence-corrected chi connectivity index (χ4v) is 4.23. The largest absolute Gasteiger partial charge is 0.325 e. The molecule has 1 aromatic carbocycles. The second kappa shape index (κ2) is 7.27. The third-order valence-electron chi connectivity index (χ3n) is 5.60. The number of hydrogen-bond acceptors (Lipinski definition) is 6. The van der Waals surface area contributed by atoms with Crippen LogP contribution in [-0.2, 0) is 13.6 Å². The van der Waals surface area contributed by atoms with Crippen LogP contribution < -0.4 is 0 Å². The van der Waals surface area contributed by atoms with Crippen LogP contribution in [0.15, 0.2) is 30.7 Å². The number of benzene rings is 1. The topological polar surface area (TPSA) is 77.5 Å². The van der Waals surface area contributed by atoms with Gasteiger partial charge in [0.05, 0.1) is 12.6 Å². The molecule has 4 aromatic rings. The molecule has 8 heteroatoms. The lowest BCUT2D eigenvalue weighted by atomic mass is 10.1.